The summed E-state index contributed by atoms with van der Waals surface area (Å²) < 4.78 is 1.63. The minimum Gasteiger partial charge on any atom is -0.505 e. The molecule has 120 valence electrons. The Balaban J connectivity index is 2.76. The number of benzene rings is 1. The Bertz CT molecular complexity index is 753. The fourth-order valence-electron chi connectivity index (χ4n) is 2.52. The molecule has 2 rings (SSSR count). The first kappa shape index (κ1) is 16.8. The zero-order valence-electron chi connectivity index (χ0n) is 13.4. The molecule has 0 spiro atoms. The second kappa shape index (κ2) is 6.67. The number of fused-ring (bicyclic) bond motifs is 1. The van der Waals surface area contributed by atoms with Gasteiger partial charge < -0.3 is 10.4 Å². The molecule has 1 aromatic heterocycles. The molecule has 2 N–H and O–H groups in total. The van der Waals surface area contributed by atoms with E-state index in [2.05, 4.69) is 17.2 Å². The zero-order valence-corrected chi connectivity index (χ0v) is 14.2. The van der Waals surface area contributed by atoms with E-state index in [0.717, 1.165) is 13.0 Å². The molecular weight excluding hydrogens is 302 g/mol. The zero-order chi connectivity index (χ0) is 16.4. The van der Waals surface area contributed by atoms with Gasteiger partial charge in [0.1, 0.15) is 17.1 Å². The van der Waals surface area contributed by atoms with Crippen molar-refractivity contribution in [3.63, 3.8) is 0 Å². The van der Waals surface area contributed by atoms with E-state index in [0.29, 0.717) is 23.0 Å². The summed E-state index contributed by atoms with van der Waals surface area (Å²) in [6.45, 7) is 8.99. The predicted octanol–water partition coefficient (Wildman–Crippen LogP) is 3.14. The summed E-state index contributed by atoms with van der Waals surface area (Å²) >= 11 is 6.22. The molecule has 0 saturated carbocycles. The van der Waals surface area contributed by atoms with E-state index < -0.39 is 0 Å². The lowest BCUT2D eigenvalue weighted by Gasteiger charge is -2.18. The largest absolute Gasteiger partial charge is 0.505 e. The van der Waals surface area contributed by atoms with Crippen LogP contribution in [-0.2, 0) is 6.54 Å². The Morgan fingerprint density at radius 3 is 2.73 bits per heavy atom. The minimum atomic E-state index is -0.214. The van der Waals surface area contributed by atoms with Crippen molar-refractivity contribution in [1.82, 2.24) is 14.9 Å². The minimum absolute atomic E-state index is 0.0177. The molecule has 0 bridgehead atoms. The van der Waals surface area contributed by atoms with Crippen molar-refractivity contribution in [2.75, 3.05) is 6.54 Å². The van der Waals surface area contributed by atoms with E-state index in [-0.39, 0.29) is 28.3 Å². The van der Waals surface area contributed by atoms with E-state index in [1.165, 1.54) is 0 Å². The normalized spacial score (nSPS) is 11.5. The molecule has 0 fully saturated rings. The second-order valence-corrected chi connectivity index (χ2v) is 6.13. The molecule has 0 aliphatic heterocycles. The van der Waals surface area contributed by atoms with Crippen molar-refractivity contribution in [1.29, 1.82) is 0 Å². The van der Waals surface area contributed by atoms with Gasteiger partial charge in [0.15, 0.2) is 0 Å². The van der Waals surface area contributed by atoms with Crippen molar-refractivity contribution in [2.24, 2.45) is 0 Å². The van der Waals surface area contributed by atoms with Crippen molar-refractivity contribution in [3.05, 3.63) is 32.8 Å². The lowest BCUT2D eigenvalue weighted by molar-refractivity contribution is 0.473. The van der Waals surface area contributed by atoms with Crippen LogP contribution < -0.4 is 10.9 Å². The lowest BCUT2D eigenvalue weighted by atomic mass is 10.1. The van der Waals surface area contributed by atoms with Crippen LogP contribution in [0.3, 0.4) is 0 Å². The van der Waals surface area contributed by atoms with Crippen LogP contribution in [0.4, 0.5) is 0 Å². The Morgan fingerprint density at radius 1 is 1.45 bits per heavy atom. The van der Waals surface area contributed by atoms with Gasteiger partial charge in [0, 0.05) is 6.04 Å². The smallest absolute Gasteiger partial charge is 0.263 e. The van der Waals surface area contributed by atoms with Gasteiger partial charge in [-0.3, -0.25) is 9.36 Å². The summed E-state index contributed by atoms with van der Waals surface area (Å²) in [6.07, 6.45) is 0.996. The van der Waals surface area contributed by atoms with E-state index in [9.17, 15) is 9.90 Å². The number of nitrogens with one attached hydrogen (secondary N) is 1. The van der Waals surface area contributed by atoms with Crippen LogP contribution in [0.2, 0.25) is 5.02 Å². The molecule has 1 aromatic carbocycles. The molecular formula is C16H22ClN3O2. The number of halogens is 1. The van der Waals surface area contributed by atoms with Gasteiger partial charge in [-0.15, -0.1) is 0 Å². The maximum Gasteiger partial charge on any atom is 0.263 e. The summed E-state index contributed by atoms with van der Waals surface area (Å²) in [5.41, 5.74) is 0.674. The lowest BCUT2D eigenvalue weighted by Crippen LogP contribution is -2.30. The highest BCUT2D eigenvalue weighted by Gasteiger charge is 2.19. The van der Waals surface area contributed by atoms with Gasteiger partial charge in [-0.1, -0.05) is 18.5 Å². The molecule has 6 heteroatoms. The average Bonchev–Trinajstić information content (AvgIpc) is 2.44. The van der Waals surface area contributed by atoms with E-state index >= 15 is 0 Å². The molecule has 22 heavy (non-hydrogen) atoms. The molecule has 2 aromatic rings. The van der Waals surface area contributed by atoms with Crippen molar-refractivity contribution >= 4 is 22.5 Å². The van der Waals surface area contributed by atoms with Crippen LogP contribution in [0.15, 0.2) is 10.9 Å². The van der Waals surface area contributed by atoms with Crippen molar-refractivity contribution < 1.29 is 5.11 Å². The molecule has 0 amide bonds. The number of phenols is 1. The number of hydrogen-bond acceptors (Lipinski definition) is 4. The van der Waals surface area contributed by atoms with Crippen LogP contribution in [0.1, 0.15) is 44.6 Å². The fourth-order valence-corrected chi connectivity index (χ4v) is 2.85. The summed E-state index contributed by atoms with van der Waals surface area (Å²) in [5.74, 6) is 0.627. The summed E-state index contributed by atoms with van der Waals surface area (Å²) in [4.78, 5) is 17.3. The summed E-state index contributed by atoms with van der Waals surface area (Å²) in [6, 6.07) is 1.56. The highest BCUT2D eigenvalue weighted by Crippen LogP contribution is 2.31. The maximum absolute atomic E-state index is 12.8. The first-order chi connectivity index (χ1) is 10.4. The fraction of sp³-hybridized carbons (Fsp3) is 0.500. The molecule has 0 unspecified atom stereocenters. The van der Waals surface area contributed by atoms with Crippen LogP contribution in [0.5, 0.6) is 5.75 Å². The number of rotatable bonds is 5. The van der Waals surface area contributed by atoms with Crippen molar-refractivity contribution in [2.45, 2.75) is 46.7 Å². The number of aromatic nitrogens is 2. The molecule has 0 aliphatic rings. The van der Waals surface area contributed by atoms with Crippen LogP contribution in [0.25, 0.3) is 10.9 Å². The topological polar surface area (TPSA) is 67.2 Å². The van der Waals surface area contributed by atoms with Crippen LogP contribution >= 0.6 is 11.6 Å². The monoisotopic (exact) mass is 323 g/mol. The molecule has 0 aliphatic carbocycles. The Hall–Kier alpha value is -1.59. The average molecular weight is 324 g/mol. The number of aryl methyl sites for hydroxylation is 1. The third kappa shape index (κ3) is 2.96. The van der Waals surface area contributed by atoms with E-state index in [1.807, 2.05) is 13.8 Å². The SMILES string of the molecule is CCCNCc1nc2c(O)c(C)cc(Cl)c2c(=O)n1C(C)C. The third-order valence-electron chi connectivity index (χ3n) is 3.59. The highest BCUT2D eigenvalue weighted by molar-refractivity contribution is 6.35. The van der Waals surface area contributed by atoms with Gasteiger partial charge in [0.25, 0.3) is 5.56 Å². The second-order valence-electron chi connectivity index (χ2n) is 5.72. The standard InChI is InChI=1S/C16H22ClN3O2/c1-5-6-18-8-12-19-14-13(16(22)20(12)9(2)3)11(17)7-10(4)15(14)21/h7,9,18,21H,5-6,8H2,1-4H3. The van der Waals surface area contributed by atoms with Crippen LogP contribution in [-0.4, -0.2) is 21.2 Å². The highest BCUT2D eigenvalue weighted by atomic mass is 35.5. The predicted molar refractivity (Wildman–Crippen MR) is 89.8 cm³/mol. The van der Waals surface area contributed by atoms with Crippen molar-refractivity contribution in [3.8, 4) is 5.75 Å². The summed E-state index contributed by atoms with van der Waals surface area (Å²) in [5, 5.41) is 14.1. The molecule has 1 heterocycles. The number of nitrogens with zero attached hydrogens (tertiary/aromatic N) is 2. The Kier molecular flexibility index (Phi) is 5.08. The van der Waals surface area contributed by atoms with Gasteiger partial charge in [0.2, 0.25) is 0 Å². The van der Waals surface area contributed by atoms with Gasteiger partial charge in [-0.25, -0.2) is 4.98 Å². The first-order valence-electron chi connectivity index (χ1n) is 7.52. The number of aromatic hydroxyl groups is 1. The van der Waals surface area contributed by atoms with Gasteiger partial charge in [-0.05, 0) is 45.4 Å². The van der Waals surface area contributed by atoms with Gasteiger partial charge >= 0.3 is 0 Å². The van der Waals surface area contributed by atoms with Crippen LogP contribution in [0, 0.1) is 6.92 Å². The number of phenolic OH excluding ortho intramolecular Hbond substituents is 1. The van der Waals surface area contributed by atoms with Gasteiger partial charge in [-0.2, -0.15) is 0 Å². The quantitative estimate of drug-likeness (QED) is 0.829. The van der Waals surface area contributed by atoms with Gasteiger partial charge in [0.05, 0.1) is 17.0 Å². The Morgan fingerprint density at radius 2 is 2.14 bits per heavy atom. The Labute approximate surface area is 134 Å². The van der Waals surface area contributed by atoms with E-state index in [1.54, 1.807) is 17.6 Å². The summed E-state index contributed by atoms with van der Waals surface area (Å²) in [7, 11) is 0. The first-order valence-corrected chi connectivity index (χ1v) is 7.90. The molecule has 5 nitrogen and oxygen atoms in total. The maximum atomic E-state index is 12.8. The number of hydrogen-bond donors (Lipinski definition) is 2. The molecule has 0 atom stereocenters. The molecule has 0 radical (unpaired) electrons. The van der Waals surface area contributed by atoms with E-state index in [4.69, 9.17) is 11.6 Å². The molecule has 0 saturated heterocycles. The third-order valence-corrected chi connectivity index (χ3v) is 3.89.